The molecule has 5 heteroatoms. The van der Waals surface area contributed by atoms with E-state index >= 15 is 0 Å². The molecule has 4 nitrogen and oxygen atoms in total. The number of hydrogen-bond donors (Lipinski definition) is 2. The Hall–Kier alpha value is -1.81. The molecule has 2 N–H and O–H groups in total. The SMILES string of the molecule is Cc1cc(NC(=O)C2(c3cccc(Cl)c3)CCC2)n[nH]1. The average Bonchev–Trinajstić information content (AvgIpc) is 2.73. The molecule has 2 aromatic rings. The molecular formula is C15H16ClN3O. The van der Waals surface area contributed by atoms with Crippen LogP contribution in [0.2, 0.25) is 5.02 Å². The minimum Gasteiger partial charge on any atom is -0.308 e. The van der Waals surface area contributed by atoms with Gasteiger partial charge in [-0.1, -0.05) is 30.2 Å². The van der Waals surface area contributed by atoms with Gasteiger partial charge in [-0.25, -0.2) is 0 Å². The van der Waals surface area contributed by atoms with Gasteiger partial charge in [0.1, 0.15) is 0 Å². The Kier molecular flexibility index (Phi) is 3.26. The minimum absolute atomic E-state index is 0.00230. The van der Waals surface area contributed by atoms with E-state index in [-0.39, 0.29) is 5.91 Å². The van der Waals surface area contributed by atoms with Crippen molar-refractivity contribution in [3.63, 3.8) is 0 Å². The zero-order valence-corrected chi connectivity index (χ0v) is 12.0. The van der Waals surface area contributed by atoms with Gasteiger partial charge in [0.2, 0.25) is 5.91 Å². The van der Waals surface area contributed by atoms with Crippen molar-refractivity contribution in [2.45, 2.75) is 31.6 Å². The fourth-order valence-electron chi connectivity index (χ4n) is 2.68. The van der Waals surface area contributed by atoms with Crippen molar-refractivity contribution in [3.8, 4) is 0 Å². The largest absolute Gasteiger partial charge is 0.308 e. The Balaban J connectivity index is 1.87. The average molecular weight is 290 g/mol. The van der Waals surface area contributed by atoms with Crippen molar-refractivity contribution in [2.75, 3.05) is 5.32 Å². The van der Waals surface area contributed by atoms with Crippen LogP contribution in [0.4, 0.5) is 5.82 Å². The molecule has 1 saturated carbocycles. The van der Waals surface area contributed by atoms with Gasteiger partial charge in [0, 0.05) is 16.8 Å². The van der Waals surface area contributed by atoms with Crippen LogP contribution in [0, 0.1) is 6.92 Å². The topological polar surface area (TPSA) is 57.8 Å². The number of carbonyl (C=O) groups is 1. The van der Waals surface area contributed by atoms with Gasteiger partial charge in [-0.15, -0.1) is 0 Å². The molecule has 0 unspecified atom stereocenters. The first-order valence-corrected chi connectivity index (χ1v) is 7.07. The molecule has 1 aromatic heterocycles. The lowest BCUT2D eigenvalue weighted by molar-refractivity contribution is -0.124. The first kappa shape index (κ1) is 13.2. The Morgan fingerprint density at radius 1 is 1.40 bits per heavy atom. The predicted octanol–water partition coefficient (Wildman–Crippen LogP) is 3.43. The second-order valence-corrected chi connectivity index (χ2v) is 5.77. The highest BCUT2D eigenvalue weighted by molar-refractivity contribution is 6.30. The van der Waals surface area contributed by atoms with Gasteiger partial charge in [0.05, 0.1) is 5.41 Å². The molecule has 104 valence electrons. The van der Waals surface area contributed by atoms with Crippen LogP contribution in [0.1, 0.15) is 30.5 Å². The maximum Gasteiger partial charge on any atom is 0.236 e. The molecule has 0 atom stereocenters. The fourth-order valence-corrected chi connectivity index (χ4v) is 2.87. The molecule has 0 spiro atoms. The number of nitrogens with one attached hydrogen (secondary N) is 2. The molecule has 1 aliphatic rings. The summed E-state index contributed by atoms with van der Waals surface area (Å²) in [5.74, 6) is 0.568. The Labute approximate surface area is 122 Å². The molecule has 1 aromatic carbocycles. The number of aryl methyl sites for hydroxylation is 1. The highest BCUT2D eigenvalue weighted by Crippen LogP contribution is 2.45. The zero-order valence-electron chi connectivity index (χ0n) is 11.2. The molecule has 1 aliphatic carbocycles. The molecule has 0 saturated heterocycles. The van der Waals surface area contributed by atoms with Crippen molar-refractivity contribution in [1.82, 2.24) is 10.2 Å². The van der Waals surface area contributed by atoms with Crippen LogP contribution < -0.4 is 5.32 Å². The first-order valence-electron chi connectivity index (χ1n) is 6.70. The van der Waals surface area contributed by atoms with E-state index in [1.807, 2.05) is 37.3 Å². The van der Waals surface area contributed by atoms with Crippen LogP contribution >= 0.6 is 11.6 Å². The lowest BCUT2D eigenvalue weighted by Gasteiger charge is -2.40. The summed E-state index contributed by atoms with van der Waals surface area (Å²) < 4.78 is 0. The van der Waals surface area contributed by atoms with Crippen molar-refractivity contribution < 1.29 is 4.79 Å². The smallest absolute Gasteiger partial charge is 0.236 e. The summed E-state index contributed by atoms with van der Waals surface area (Å²) >= 11 is 6.05. The van der Waals surface area contributed by atoms with E-state index < -0.39 is 5.41 Å². The summed E-state index contributed by atoms with van der Waals surface area (Å²) in [5.41, 5.74) is 1.45. The molecule has 0 bridgehead atoms. The van der Waals surface area contributed by atoms with E-state index in [1.165, 1.54) is 0 Å². The second kappa shape index (κ2) is 4.94. The van der Waals surface area contributed by atoms with Crippen LogP contribution in [0.5, 0.6) is 0 Å². The number of benzene rings is 1. The quantitative estimate of drug-likeness (QED) is 0.909. The Morgan fingerprint density at radius 3 is 2.75 bits per heavy atom. The third kappa shape index (κ3) is 2.20. The number of amides is 1. The van der Waals surface area contributed by atoms with Gasteiger partial charge in [-0.05, 0) is 37.5 Å². The van der Waals surface area contributed by atoms with Gasteiger partial charge in [-0.3, -0.25) is 9.89 Å². The van der Waals surface area contributed by atoms with E-state index in [1.54, 1.807) is 0 Å². The van der Waals surface area contributed by atoms with Crippen LogP contribution in [0.25, 0.3) is 0 Å². The Bertz CT molecular complexity index is 646. The number of nitrogens with zero attached hydrogens (tertiary/aromatic N) is 1. The van der Waals surface area contributed by atoms with Crippen molar-refractivity contribution >= 4 is 23.3 Å². The monoisotopic (exact) mass is 289 g/mol. The molecule has 1 amide bonds. The Morgan fingerprint density at radius 2 is 2.20 bits per heavy atom. The predicted molar refractivity (Wildman–Crippen MR) is 78.9 cm³/mol. The highest BCUT2D eigenvalue weighted by atomic mass is 35.5. The van der Waals surface area contributed by atoms with E-state index in [2.05, 4.69) is 15.5 Å². The number of halogens is 1. The molecule has 0 radical (unpaired) electrons. The van der Waals surface area contributed by atoms with Crippen LogP contribution in [-0.4, -0.2) is 16.1 Å². The zero-order chi connectivity index (χ0) is 14.2. The first-order chi connectivity index (χ1) is 9.60. The summed E-state index contributed by atoms with van der Waals surface area (Å²) in [4.78, 5) is 12.6. The number of aromatic amines is 1. The van der Waals surface area contributed by atoms with Gasteiger partial charge in [0.25, 0.3) is 0 Å². The third-order valence-corrected chi connectivity index (χ3v) is 4.20. The van der Waals surface area contributed by atoms with Crippen LogP contribution in [0.15, 0.2) is 30.3 Å². The molecule has 1 fully saturated rings. The summed E-state index contributed by atoms with van der Waals surface area (Å²) in [7, 11) is 0. The van der Waals surface area contributed by atoms with E-state index in [0.29, 0.717) is 10.8 Å². The van der Waals surface area contributed by atoms with E-state index in [4.69, 9.17) is 11.6 Å². The maximum atomic E-state index is 12.6. The van der Waals surface area contributed by atoms with Crippen LogP contribution in [-0.2, 0) is 10.2 Å². The van der Waals surface area contributed by atoms with Crippen molar-refractivity contribution in [2.24, 2.45) is 0 Å². The fraction of sp³-hybridized carbons (Fsp3) is 0.333. The summed E-state index contributed by atoms with van der Waals surface area (Å²) in [6, 6.07) is 9.40. The molecular weight excluding hydrogens is 274 g/mol. The normalized spacial score (nSPS) is 16.5. The molecule has 3 rings (SSSR count). The lowest BCUT2D eigenvalue weighted by Crippen LogP contribution is -2.46. The van der Waals surface area contributed by atoms with E-state index in [0.717, 1.165) is 30.5 Å². The molecule has 20 heavy (non-hydrogen) atoms. The number of anilines is 1. The summed E-state index contributed by atoms with van der Waals surface area (Å²) in [6.07, 6.45) is 2.75. The number of hydrogen-bond acceptors (Lipinski definition) is 2. The number of carbonyl (C=O) groups excluding carboxylic acids is 1. The molecule has 1 heterocycles. The van der Waals surface area contributed by atoms with Crippen LogP contribution in [0.3, 0.4) is 0 Å². The standard InChI is InChI=1S/C15H16ClN3O/c1-10-8-13(19-18-10)17-14(20)15(6-3-7-15)11-4-2-5-12(16)9-11/h2,4-5,8-9H,3,6-7H2,1H3,(H2,17,18,19,20). The summed E-state index contributed by atoms with van der Waals surface area (Å²) in [5, 5.41) is 10.4. The molecule has 0 aliphatic heterocycles. The highest BCUT2D eigenvalue weighted by Gasteiger charge is 2.45. The van der Waals surface area contributed by atoms with E-state index in [9.17, 15) is 4.79 Å². The second-order valence-electron chi connectivity index (χ2n) is 5.34. The number of rotatable bonds is 3. The summed E-state index contributed by atoms with van der Waals surface area (Å²) in [6.45, 7) is 1.90. The lowest BCUT2D eigenvalue weighted by atomic mass is 9.64. The number of H-pyrrole nitrogens is 1. The third-order valence-electron chi connectivity index (χ3n) is 3.97. The van der Waals surface area contributed by atoms with Gasteiger partial charge >= 0.3 is 0 Å². The van der Waals surface area contributed by atoms with Crippen molar-refractivity contribution in [3.05, 3.63) is 46.6 Å². The maximum absolute atomic E-state index is 12.6. The van der Waals surface area contributed by atoms with Crippen molar-refractivity contribution in [1.29, 1.82) is 0 Å². The minimum atomic E-state index is -0.461. The van der Waals surface area contributed by atoms with Gasteiger partial charge in [-0.2, -0.15) is 5.10 Å². The van der Waals surface area contributed by atoms with Gasteiger partial charge < -0.3 is 5.32 Å². The number of aromatic nitrogens is 2. The van der Waals surface area contributed by atoms with Gasteiger partial charge in [0.15, 0.2) is 5.82 Å².